The zero-order valence-electron chi connectivity index (χ0n) is 30.9. The number of esters is 1. The van der Waals surface area contributed by atoms with Crippen molar-refractivity contribution < 1.29 is 33.4 Å². The van der Waals surface area contributed by atoms with E-state index in [2.05, 4.69) is 28.1 Å². The van der Waals surface area contributed by atoms with Gasteiger partial charge < -0.3 is 30.2 Å². The van der Waals surface area contributed by atoms with Gasteiger partial charge in [-0.1, -0.05) is 109 Å². The molecule has 4 aromatic rings. The monoisotopic (exact) mass is 719 g/mol. The second-order valence-electron chi connectivity index (χ2n) is 14.3. The summed E-state index contributed by atoms with van der Waals surface area (Å²) in [4.78, 5) is 52.9. The van der Waals surface area contributed by atoms with Crippen molar-refractivity contribution >= 4 is 24.1 Å². The van der Waals surface area contributed by atoms with Crippen LogP contribution in [0.4, 0.5) is 9.59 Å². The van der Waals surface area contributed by atoms with Crippen molar-refractivity contribution in [2.24, 2.45) is 0 Å². The number of hydrogen-bond donors (Lipinski definition) is 3. The first-order valence-corrected chi connectivity index (χ1v) is 18.1. The van der Waals surface area contributed by atoms with Crippen LogP contribution in [0.15, 0.2) is 103 Å². The SMILES string of the molecule is Cc1ccc(COC(=O)[C@H](CCCCNC(=O)OC(C)(C)C)NC(=O)[C@H](Cc2ccccc2)NC(=O)OCC2c3ccccc3-c3ccccc32)cc1. The highest BCUT2D eigenvalue weighted by molar-refractivity contribution is 5.90. The molecule has 0 heterocycles. The molecular formula is C43H49N3O7. The third-order valence-corrected chi connectivity index (χ3v) is 8.93. The predicted molar refractivity (Wildman–Crippen MR) is 203 cm³/mol. The Bertz CT molecular complexity index is 1810. The summed E-state index contributed by atoms with van der Waals surface area (Å²) in [5, 5.41) is 8.33. The van der Waals surface area contributed by atoms with Crippen LogP contribution in [0, 0.1) is 6.92 Å². The summed E-state index contributed by atoms with van der Waals surface area (Å²) >= 11 is 0. The molecule has 0 saturated carbocycles. The smallest absolute Gasteiger partial charge is 0.407 e. The molecule has 0 saturated heterocycles. The van der Waals surface area contributed by atoms with Crippen LogP contribution in [0.1, 0.15) is 73.8 Å². The van der Waals surface area contributed by atoms with Gasteiger partial charge in [0.05, 0.1) is 0 Å². The number of amides is 3. The lowest BCUT2D eigenvalue weighted by molar-refractivity contribution is -0.149. The minimum absolute atomic E-state index is 0.0388. The first-order valence-electron chi connectivity index (χ1n) is 18.1. The zero-order chi connectivity index (χ0) is 37.8. The Hall–Kier alpha value is -5.64. The Morgan fingerprint density at radius 2 is 1.30 bits per heavy atom. The molecule has 0 fully saturated rings. The quantitative estimate of drug-likeness (QED) is 0.0664. The molecule has 0 aliphatic heterocycles. The van der Waals surface area contributed by atoms with Gasteiger partial charge in [-0.2, -0.15) is 0 Å². The summed E-state index contributed by atoms with van der Waals surface area (Å²) < 4.78 is 16.7. The number of ether oxygens (including phenoxy) is 3. The molecule has 1 aliphatic carbocycles. The summed E-state index contributed by atoms with van der Waals surface area (Å²) in [6.45, 7) is 7.79. The van der Waals surface area contributed by atoms with Gasteiger partial charge in [0.1, 0.15) is 30.9 Å². The normalized spacial score (nSPS) is 13.1. The topological polar surface area (TPSA) is 132 Å². The number of nitrogens with one attached hydrogen (secondary N) is 3. The number of unbranched alkanes of at least 4 members (excludes halogenated alkanes) is 1. The van der Waals surface area contributed by atoms with Gasteiger partial charge in [0.15, 0.2) is 0 Å². The fourth-order valence-electron chi connectivity index (χ4n) is 6.28. The molecule has 0 spiro atoms. The Balaban J connectivity index is 1.25. The van der Waals surface area contributed by atoms with E-state index in [1.54, 1.807) is 20.8 Å². The van der Waals surface area contributed by atoms with Crippen molar-refractivity contribution in [2.45, 2.75) is 83.6 Å². The van der Waals surface area contributed by atoms with Gasteiger partial charge in [-0.05, 0) is 80.3 Å². The molecule has 10 heteroatoms. The van der Waals surface area contributed by atoms with Gasteiger partial charge in [0.25, 0.3) is 0 Å². The third kappa shape index (κ3) is 11.4. The summed E-state index contributed by atoms with van der Waals surface area (Å²) in [5.41, 5.74) is 6.47. The summed E-state index contributed by atoms with van der Waals surface area (Å²) in [7, 11) is 0. The van der Waals surface area contributed by atoms with E-state index in [4.69, 9.17) is 14.2 Å². The molecule has 53 heavy (non-hydrogen) atoms. The molecular weight excluding hydrogens is 670 g/mol. The standard InChI is InChI=1S/C43H49N3O7/c1-29-21-23-31(24-22-29)27-51-40(48)37(20-12-13-25-44-41(49)53-43(2,3)4)45-39(47)38(26-30-14-6-5-7-15-30)46-42(50)52-28-36-34-18-10-8-16-32(34)33-17-9-11-19-35(33)36/h5-11,14-19,21-24,36-38H,12-13,20,25-28H2,1-4H3,(H,44,49)(H,45,47)(H,46,50)/t37-,38-/m0/s1. The fourth-order valence-corrected chi connectivity index (χ4v) is 6.28. The van der Waals surface area contributed by atoms with E-state index < -0.39 is 41.7 Å². The average molecular weight is 720 g/mol. The molecule has 0 bridgehead atoms. The van der Waals surface area contributed by atoms with Crippen molar-refractivity contribution in [1.82, 2.24) is 16.0 Å². The largest absolute Gasteiger partial charge is 0.459 e. The molecule has 2 atom stereocenters. The third-order valence-electron chi connectivity index (χ3n) is 8.93. The Labute approximate surface area is 311 Å². The molecule has 4 aromatic carbocycles. The summed E-state index contributed by atoms with van der Waals surface area (Å²) in [6, 6.07) is 31.0. The molecule has 3 amide bonds. The first kappa shape index (κ1) is 38.6. The highest BCUT2D eigenvalue weighted by atomic mass is 16.6. The van der Waals surface area contributed by atoms with Crippen LogP contribution in [0.3, 0.4) is 0 Å². The molecule has 5 rings (SSSR count). The van der Waals surface area contributed by atoms with Gasteiger partial charge in [-0.15, -0.1) is 0 Å². The predicted octanol–water partition coefficient (Wildman–Crippen LogP) is 7.37. The van der Waals surface area contributed by atoms with E-state index in [-0.39, 0.29) is 32.0 Å². The van der Waals surface area contributed by atoms with Gasteiger partial charge >= 0.3 is 18.2 Å². The Morgan fingerprint density at radius 1 is 0.679 bits per heavy atom. The van der Waals surface area contributed by atoms with E-state index in [1.165, 1.54) is 0 Å². The lowest BCUT2D eigenvalue weighted by atomic mass is 9.98. The lowest BCUT2D eigenvalue weighted by Gasteiger charge is -2.23. The van der Waals surface area contributed by atoms with Gasteiger partial charge in [0, 0.05) is 18.9 Å². The second kappa shape index (κ2) is 18.2. The van der Waals surface area contributed by atoms with Gasteiger partial charge in [0.2, 0.25) is 5.91 Å². The molecule has 278 valence electrons. The van der Waals surface area contributed by atoms with E-state index in [0.717, 1.165) is 38.9 Å². The molecule has 0 unspecified atom stereocenters. The molecule has 0 aromatic heterocycles. The number of carbonyl (C=O) groups is 4. The van der Waals surface area contributed by atoms with E-state index >= 15 is 0 Å². The van der Waals surface area contributed by atoms with Crippen molar-refractivity contribution in [3.8, 4) is 11.1 Å². The van der Waals surface area contributed by atoms with Gasteiger partial charge in [-0.3, -0.25) is 4.79 Å². The minimum Gasteiger partial charge on any atom is -0.459 e. The van der Waals surface area contributed by atoms with Crippen LogP contribution in [0.25, 0.3) is 11.1 Å². The van der Waals surface area contributed by atoms with Crippen LogP contribution >= 0.6 is 0 Å². The second-order valence-corrected chi connectivity index (χ2v) is 14.3. The van der Waals surface area contributed by atoms with Gasteiger partial charge in [-0.25, -0.2) is 14.4 Å². The van der Waals surface area contributed by atoms with E-state index in [1.807, 2.05) is 97.9 Å². The number of hydrogen-bond acceptors (Lipinski definition) is 7. The molecule has 0 radical (unpaired) electrons. The van der Waals surface area contributed by atoms with Crippen LogP contribution < -0.4 is 16.0 Å². The summed E-state index contributed by atoms with van der Waals surface area (Å²) in [5.74, 6) is -1.29. The van der Waals surface area contributed by atoms with Crippen molar-refractivity contribution in [2.75, 3.05) is 13.2 Å². The zero-order valence-corrected chi connectivity index (χ0v) is 30.9. The van der Waals surface area contributed by atoms with Crippen LogP contribution in [-0.2, 0) is 36.8 Å². The van der Waals surface area contributed by atoms with Crippen molar-refractivity contribution in [3.63, 3.8) is 0 Å². The number of benzene rings is 4. The molecule has 1 aliphatic rings. The maximum atomic E-state index is 13.9. The maximum Gasteiger partial charge on any atom is 0.407 e. The Kier molecular flexibility index (Phi) is 13.3. The highest BCUT2D eigenvalue weighted by Gasteiger charge is 2.31. The molecule has 10 nitrogen and oxygen atoms in total. The van der Waals surface area contributed by atoms with Crippen LogP contribution in [0.5, 0.6) is 0 Å². The summed E-state index contributed by atoms with van der Waals surface area (Å²) in [6.07, 6.45) is 0.170. The minimum atomic E-state index is -1.05. The number of alkyl carbamates (subject to hydrolysis) is 2. The fraction of sp³-hybridized carbons (Fsp3) is 0.349. The number of fused-ring (bicyclic) bond motifs is 3. The van der Waals surface area contributed by atoms with E-state index in [9.17, 15) is 19.2 Å². The van der Waals surface area contributed by atoms with Crippen LogP contribution in [-0.4, -0.2) is 54.9 Å². The molecule has 3 N–H and O–H groups in total. The van der Waals surface area contributed by atoms with Crippen molar-refractivity contribution in [3.05, 3.63) is 131 Å². The first-order chi connectivity index (χ1) is 25.5. The Morgan fingerprint density at radius 3 is 1.94 bits per heavy atom. The average Bonchev–Trinajstić information content (AvgIpc) is 3.45. The van der Waals surface area contributed by atoms with E-state index in [0.29, 0.717) is 19.4 Å². The lowest BCUT2D eigenvalue weighted by Crippen LogP contribution is -2.53. The number of rotatable bonds is 15. The number of aryl methyl sites for hydroxylation is 1. The maximum absolute atomic E-state index is 13.9. The van der Waals surface area contributed by atoms with Crippen molar-refractivity contribution in [1.29, 1.82) is 0 Å². The number of carbonyl (C=O) groups excluding carboxylic acids is 4. The van der Waals surface area contributed by atoms with Crippen LogP contribution in [0.2, 0.25) is 0 Å². The highest BCUT2D eigenvalue weighted by Crippen LogP contribution is 2.44.